The molecule has 5 nitrogen and oxygen atoms in total. The summed E-state index contributed by atoms with van der Waals surface area (Å²) in [5.74, 6) is 0. The maximum Gasteiger partial charge on any atom is 0.360 e. The van der Waals surface area contributed by atoms with E-state index in [0.717, 1.165) is 13.2 Å². The van der Waals surface area contributed by atoms with Crippen molar-refractivity contribution in [3.8, 4) is 0 Å². The van der Waals surface area contributed by atoms with Crippen molar-refractivity contribution >= 4 is 17.1 Å². The number of rotatable bonds is 7. The predicted molar refractivity (Wildman–Crippen MR) is 73.5 cm³/mol. The molecule has 0 radical (unpaired) electrons. The van der Waals surface area contributed by atoms with Gasteiger partial charge in [0, 0.05) is 27.4 Å². The molecule has 0 rings (SSSR count). The topological polar surface area (TPSA) is 57.2 Å². The van der Waals surface area contributed by atoms with E-state index >= 15 is 0 Å². The molecule has 0 saturated carbocycles. The quantitative estimate of drug-likeness (QED) is 0.720. The Labute approximate surface area is 108 Å². The van der Waals surface area contributed by atoms with Gasteiger partial charge >= 0.3 is 17.1 Å². The molecular formula is C10H28O5Si2. The molecule has 0 amide bonds. The van der Waals surface area contributed by atoms with Crippen molar-refractivity contribution in [3.05, 3.63) is 0 Å². The summed E-state index contributed by atoms with van der Waals surface area (Å²) < 4.78 is 20.6. The molecule has 0 heterocycles. The molecular weight excluding hydrogens is 256 g/mol. The van der Waals surface area contributed by atoms with Crippen LogP contribution in [0.3, 0.4) is 0 Å². The van der Waals surface area contributed by atoms with Gasteiger partial charge in [-0.1, -0.05) is 0 Å². The molecule has 0 saturated heterocycles. The van der Waals surface area contributed by atoms with Gasteiger partial charge in [0.1, 0.15) is 0 Å². The smallest absolute Gasteiger partial charge is 0.360 e. The van der Waals surface area contributed by atoms with Crippen LogP contribution in [0.2, 0.25) is 19.6 Å². The molecule has 0 atom stereocenters. The molecule has 7 heteroatoms. The summed E-state index contributed by atoms with van der Waals surface area (Å²) in [6.45, 7) is 11.4. The summed E-state index contributed by atoms with van der Waals surface area (Å²) in [4.78, 5) is 0. The van der Waals surface area contributed by atoms with Crippen molar-refractivity contribution < 1.29 is 22.8 Å². The summed E-state index contributed by atoms with van der Waals surface area (Å²) in [6.07, 6.45) is 0.0139. The van der Waals surface area contributed by atoms with Gasteiger partial charge in [-0.2, -0.15) is 0 Å². The second-order valence-corrected chi connectivity index (χ2v) is 10.7. The first kappa shape index (κ1) is 19.6. The highest BCUT2D eigenvalue weighted by Crippen LogP contribution is 2.04. The van der Waals surface area contributed by atoms with Gasteiger partial charge < -0.3 is 22.8 Å². The zero-order chi connectivity index (χ0) is 13.9. The lowest BCUT2D eigenvalue weighted by atomic mass is 10.9. The lowest BCUT2D eigenvalue weighted by Gasteiger charge is -2.20. The van der Waals surface area contributed by atoms with Crippen LogP contribution in [0.1, 0.15) is 13.8 Å². The van der Waals surface area contributed by atoms with Crippen LogP contribution in [0, 0.1) is 0 Å². The summed E-state index contributed by atoms with van der Waals surface area (Å²) in [7, 11) is -0.724. The first-order chi connectivity index (χ1) is 7.80. The first-order valence-electron chi connectivity index (χ1n) is 5.79. The largest absolute Gasteiger partial charge is 0.396 e. The van der Waals surface area contributed by atoms with Gasteiger partial charge in [0.15, 0.2) is 0 Å². The molecule has 0 aromatic carbocycles. The van der Waals surface area contributed by atoms with Crippen molar-refractivity contribution in [2.75, 3.05) is 33.7 Å². The fraction of sp³-hybridized carbons (Fsp3) is 1.00. The predicted octanol–water partition coefficient (Wildman–Crippen LogP) is 1.64. The second kappa shape index (κ2) is 10.2. The number of aliphatic hydroxyl groups is 1. The zero-order valence-electron chi connectivity index (χ0n) is 12.2. The van der Waals surface area contributed by atoms with E-state index in [1.165, 1.54) is 0 Å². The van der Waals surface area contributed by atoms with Gasteiger partial charge in [0.25, 0.3) is 0 Å². The molecule has 106 valence electrons. The van der Waals surface area contributed by atoms with E-state index in [4.69, 9.17) is 22.8 Å². The van der Waals surface area contributed by atoms with Crippen molar-refractivity contribution in [3.63, 3.8) is 0 Å². The third-order valence-corrected chi connectivity index (χ3v) is 6.40. The maximum absolute atomic E-state index is 8.60. The third kappa shape index (κ3) is 11.1. The summed E-state index contributed by atoms with van der Waals surface area (Å²) >= 11 is 0. The van der Waals surface area contributed by atoms with Crippen LogP contribution in [0.4, 0.5) is 0 Å². The van der Waals surface area contributed by atoms with Crippen molar-refractivity contribution in [2.45, 2.75) is 33.5 Å². The first-order valence-corrected chi connectivity index (χ1v) is 11.1. The summed E-state index contributed by atoms with van der Waals surface area (Å²) in [5.41, 5.74) is 0. The Hall–Kier alpha value is 0.234. The van der Waals surface area contributed by atoms with E-state index in [9.17, 15) is 0 Å². The molecule has 0 aliphatic carbocycles. The van der Waals surface area contributed by atoms with Gasteiger partial charge in [0.05, 0.1) is 6.23 Å². The lowest BCUT2D eigenvalue weighted by molar-refractivity contribution is 0.196. The highest BCUT2D eigenvalue weighted by Gasteiger charge is 2.26. The maximum atomic E-state index is 8.60. The molecule has 0 aromatic rings. The summed E-state index contributed by atoms with van der Waals surface area (Å²) in [6, 6.07) is 0. The number of aliphatic hydroxyl groups excluding tert-OH is 1. The zero-order valence-corrected chi connectivity index (χ0v) is 14.2. The molecule has 0 aliphatic rings. The van der Waals surface area contributed by atoms with Crippen LogP contribution in [0.5, 0.6) is 0 Å². The standard InChI is InChI=1S/C6H16O2Si.C4H12O3Si/c1-5-7-9(3,4)8-6-2;1-6-8(3,4-5)7-2/h5-6H2,1-4H3;5H,4H2,1-3H3. The van der Waals surface area contributed by atoms with Gasteiger partial charge in [-0.25, -0.2) is 0 Å². The van der Waals surface area contributed by atoms with E-state index in [1.807, 2.05) is 13.8 Å². The van der Waals surface area contributed by atoms with E-state index in [1.54, 1.807) is 20.8 Å². The molecule has 0 fully saturated rings. The Balaban J connectivity index is 0. The molecule has 0 bridgehead atoms. The Morgan fingerprint density at radius 3 is 1.35 bits per heavy atom. The minimum absolute atomic E-state index is 0.0139. The van der Waals surface area contributed by atoms with Crippen molar-refractivity contribution in [1.82, 2.24) is 0 Å². The molecule has 1 N–H and O–H groups in total. The summed E-state index contributed by atoms with van der Waals surface area (Å²) in [5, 5.41) is 8.60. The van der Waals surface area contributed by atoms with Crippen LogP contribution >= 0.6 is 0 Å². The van der Waals surface area contributed by atoms with E-state index in [2.05, 4.69) is 13.1 Å². The van der Waals surface area contributed by atoms with Gasteiger partial charge in [-0.3, -0.25) is 0 Å². The van der Waals surface area contributed by atoms with E-state index < -0.39 is 17.1 Å². The van der Waals surface area contributed by atoms with Crippen LogP contribution in [-0.2, 0) is 17.7 Å². The van der Waals surface area contributed by atoms with Crippen LogP contribution < -0.4 is 0 Å². The third-order valence-electron chi connectivity index (χ3n) is 2.13. The van der Waals surface area contributed by atoms with Crippen LogP contribution in [0.15, 0.2) is 0 Å². The minimum Gasteiger partial charge on any atom is -0.396 e. The number of hydrogen-bond acceptors (Lipinski definition) is 5. The highest BCUT2D eigenvalue weighted by molar-refractivity contribution is 6.65. The van der Waals surface area contributed by atoms with E-state index in [0.29, 0.717) is 0 Å². The van der Waals surface area contributed by atoms with Gasteiger partial charge in [-0.15, -0.1) is 0 Å². The molecule has 17 heavy (non-hydrogen) atoms. The molecule has 0 aliphatic heterocycles. The van der Waals surface area contributed by atoms with Gasteiger partial charge in [0.2, 0.25) is 0 Å². The fourth-order valence-electron chi connectivity index (χ4n) is 0.949. The van der Waals surface area contributed by atoms with Crippen LogP contribution in [0.25, 0.3) is 0 Å². The monoisotopic (exact) mass is 284 g/mol. The lowest BCUT2D eigenvalue weighted by Crippen LogP contribution is -2.40. The van der Waals surface area contributed by atoms with Gasteiger partial charge in [-0.05, 0) is 33.5 Å². The molecule has 0 spiro atoms. The Morgan fingerprint density at radius 2 is 1.24 bits per heavy atom. The minimum atomic E-state index is -2.12. The molecule has 0 unspecified atom stereocenters. The average molecular weight is 285 g/mol. The van der Waals surface area contributed by atoms with Crippen molar-refractivity contribution in [1.29, 1.82) is 0 Å². The fourth-order valence-corrected chi connectivity index (χ4v) is 2.85. The van der Waals surface area contributed by atoms with E-state index in [-0.39, 0.29) is 6.23 Å². The van der Waals surface area contributed by atoms with Crippen molar-refractivity contribution in [2.24, 2.45) is 0 Å². The normalized spacial score (nSPS) is 12.0. The van der Waals surface area contributed by atoms with Crippen LogP contribution in [-0.4, -0.2) is 55.9 Å². The Kier molecular flexibility index (Phi) is 11.7. The SMILES string of the molecule is CCO[Si](C)(C)OCC.CO[Si](C)(CO)OC. The second-order valence-electron chi connectivity index (χ2n) is 3.97. The average Bonchev–Trinajstić information content (AvgIpc) is 2.28. The molecule has 0 aromatic heterocycles. The number of hydrogen-bond donors (Lipinski definition) is 1. The Bertz CT molecular complexity index is 158. The Morgan fingerprint density at radius 1 is 0.882 bits per heavy atom. The highest BCUT2D eigenvalue weighted by atomic mass is 28.4.